The lowest BCUT2D eigenvalue weighted by Gasteiger charge is -2.07. The van der Waals surface area contributed by atoms with Gasteiger partial charge >= 0.3 is 0 Å². The first-order valence-corrected chi connectivity index (χ1v) is 9.02. The van der Waals surface area contributed by atoms with Crippen LogP contribution >= 0.6 is 23.4 Å². The summed E-state index contributed by atoms with van der Waals surface area (Å²) in [5, 5.41) is 10.4. The molecule has 24 heavy (non-hydrogen) atoms. The Kier molecular flexibility index (Phi) is 5.43. The van der Waals surface area contributed by atoms with Crippen molar-refractivity contribution in [2.45, 2.75) is 25.0 Å². The molecule has 3 aromatic rings. The lowest BCUT2D eigenvalue weighted by atomic mass is 10.2. The third kappa shape index (κ3) is 3.57. The van der Waals surface area contributed by atoms with E-state index in [4.69, 9.17) is 16.0 Å². The maximum absolute atomic E-state index is 6.21. The summed E-state index contributed by atoms with van der Waals surface area (Å²) in [4.78, 5) is 0. The molecule has 1 aromatic carbocycles. The van der Waals surface area contributed by atoms with Crippen molar-refractivity contribution in [3.05, 3.63) is 65.6 Å². The molecule has 0 fully saturated rings. The Hall–Kier alpha value is -1.98. The predicted molar refractivity (Wildman–Crippen MR) is 98.5 cm³/mol. The van der Waals surface area contributed by atoms with E-state index >= 15 is 0 Å². The van der Waals surface area contributed by atoms with Crippen molar-refractivity contribution in [3.8, 4) is 11.4 Å². The Balaban J connectivity index is 1.76. The second-order valence-corrected chi connectivity index (χ2v) is 6.76. The molecule has 0 amide bonds. The van der Waals surface area contributed by atoms with Crippen molar-refractivity contribution in [1.82, 2.24) is 14.8 Å². The molecule has 0 N–H and O–H groups in total. The van der Waals surface area contributed by atoms with Gasteiger partial charge in [0.15, 0.2) is 11.0 Å². The number of halogens is 1. The fourth-order valence-electron chi connectivity index (χ4n) is 2.46. The van der Waals surface area contributed by atoms with Crippen molar-refractivity contribution < 1.29 is 4.42 Å². The Bertz CT molecular complexity index is 840. The minimum Gasteiger partial charge on any atom is -0.469 e. The van der Waals surface area contributed by atoms with E-state index < -0.39 is 0 Å². The first kappa shape index (κ1) is 16.9. The molecular weight excluding hydrogens is 342 g/mol. The van der Waals surface area contributed by atoms with Gasteiger partial charge in [0.05, 0.1) is 11.8 Å². The highest BCUT2D eigenvalue weighted by Gasteiger charge is 2.16. The standard InChI is InChI=1S/C18H18ClN3OS/c1-3-10-22-17(15-8-11-23-13(15)2)20-21-18(22)24-12-9-14-6-4-5-7-16(14)19/h3-8,11H,1,9-10,12H2,2H3. The van der Waals surface area contributed by atoms with E-state index in [1.165, 1.54) is 0 Å². The summed E-state index contributed by atoms with van der Waals surface area (Å²) in [6, 6.07) is 9.83. The van der Waals surface area contributed by atoms with Gasteiger partial charge < -0.3 is 4.42 Å². The van der Waals surface area contributed by atoms with Crippen molar-refractivity contribution in [3.63, 3.8) is 0 Å². The third-order valence-corrected chi connectivity index (χ3v) is 5.03. The highest BCUT2D eigenvalue weighted by atomic mass is 35.5. The van der Waals surface area contributed by atoms with Gasteiger partial charge in [-0.1, -0.05) is 47.6 Å². The molecule has 0 unspecified atom stereocenters. The van der Waals surface area contributed by atoms with Crippen LogP contribution < -0.4 is 0 Å². The van der Waals surface area contributed by atoms with E-state index in [2.05, 4.69) is 27.4 Å². The summed E-state index contributed by atoms with van der Waals surface area (Å²) in [7, 11) is 0. The molecule has 0 spiro atoms. The summed E-state index contributed by atoms with van der Waals surface area (Å²) in [5.74, 6) is 2.52. The number of nitrogens with zero attached hydrogens (tertiary/aromatic N) is 3. The highest BCUT2D eigenvalue weighted by Crippen LogP contribution is 2.28. The zero-order valence-electron chi connectivity index (χ0n) is 13.4. The molecule has 0 aliphatic rings. The van der Waals surface area contributed by atoms with Crippen LogP contribution in [0.1, 0.15) is 11.3 Å². The zero-order valence-corrected chi connectivity index (χ0v) is 15.0. The van der Waals surface area contributed by atoms with Crippen LogP contribution in [0.4, 0.5) is 0 Å². The molecule has 0 radical (unpaired) electrons. The van der Waals surface area contributed by atoms with Gasteiger partial charge in [-0.25, -0.2) is 0 Å². The number of aromatic nitrogens is 3. The first-order chi connectivity index (χ1) is 11.7. The molecular formula is C18H18ClN3OS. The second-order valence-electron chi connectivity index (χ2n) is 5.29. The van der Waals surface area contributed by atoms with Crippen LogP contribution in [0.3, 0.4) is 0 Å². The number of benzene rings is 1. The van der Waals surface area contributed by atoms with Gasteiger partial charge in [-0.3, -0.25) is 4.57 Å². The molecule has 4 nitrogen and oxygen atoms in total. The Morgan fingerprint density at radius 1 is 1.29 bits per heavy atom. The molecule has 0 aliphatic heterocycles. The van der Waals surface area contributed by atoms with E-state index in [-0.39, 0.29) is 0 Å². The van der Waals surface area contributed by atoms with E-state index in [1.54, 1.807) is 18.0 Å². The van der Waals surface area contributed by atoms with Gasteiger partial charge in [-0.15, -0.1) is 16.8 Å². The normalized spacial score (nSPS) is 10.9. The van der Waals surface area contributed by atoms with Crippen molar-refractivity contribution >= 4 is 23.4 Å². The van der Waals surface area contributed by atoms with Gasteiger partial charge in [-0.2, -0.15) is 0 Å². The highest BCUT2D eigenvalue weighted by molar-refractivity contribution is 7.99. The molecule has 2 aromatic heterocycles. The van der Waals surface area contributed by atoms with E-state index in [1.807, 2.05) is 37.3 Å². The average molecular weight is 360 g/mol. The number of allylic oxidation sites excluding steroid dienone is 1. The number of furan rings is 1. The lowest BCUT2D eigenvalue weighted by molar-refractivity contribution is 0.534. The smallest absolute Gasteiger partial charge is 0.191 e. The third-order valence-electron chi connectivity index (χ3n) is 3.69. The number of hydrogen-bond donors (Lipinski definition) is 0. The summed E-state index contributed by atoms with van der Waals surface area (Å²) < 4.78 is 7.44. The zero-order chi connectivity index (χ0) is 16.9. The van der Waals surface area contributed by atoms with Gasteiger partial charge in [0, 0.05) is 17.3 Å². The van der Waals surface area contributed by atoms with Crippen LogP contribution in [-0.4, -0.2) is 20.5 Å². The molecule has 0 aliphatic carbocycles. The number of thioether (sulfide) groups is 1. The van der Waals surface area contributed by atoms with Gasteiger partial charge in [-0.05, 0) is 31.0 Å². The van der Waals surface area contributed by atoms with E-state index in [0.717, 1.165) is 45.1 Å². The van der Waals surface area contributed by atoms with Crippen molar-refractivity contribution in [1.29, 1.82) is 0 Å². The fraction of sp³-hybridized carbons (Fsp3) is 0.222. The topological polar surface area (TPSA) is 43.9 Å². The maximum atomic E-state index is 6.21. The van der Waals surface area contributed by atoms with Crippen LogP contribution in [0.15, 0.2) is 58.8 Å². The summed E-state index contributed by atoms with van der Waals surface area (Å²) in [5.41, 5.74) is 2.11. The van der Waals surface area contributed by atoms with Crippen LogP contribution in [-0.2, 0) is 13.0 Å². The molecule has 6 heteroatoms. The van der Waals surface area contributed by atoms with E-state index in [0.29, 0.717) is 6.54 Å². The Morgan fingerprint density at radius 3 is 2.83 bits per heavy atom. The molecule has 124 valence electrons. The quantitative estimate of drug-likeness (QED) is 0.439. The first-order valence-electron chi connectivity index (χ1n) is 7.65. The Morgan fingerprint density at radius 2 is 2.12 bits per heavy atom. The van der Waals surface area contributed by atoms with Gasteiger partial charge in [0.25, 0.3) is 0 Å². The SMILES string of the molecule is C=CCn1c(SCCc2ccccc2Cl)nnc1-c1ccoc1C. The van der Waals surface area contributed by atoms with Crippen LogP contribution in [0.25, 0.3) is 11.4 Å². The molecule has 0 saturated heterocycles. The predicted octanol–water partition coefficient (Wildman–Crippen LogP) is 5.02. The average Bonchev–Trinajstić information content (AvgIpc) is 3.16. The van der Waals surface area contributed by atoms with Crippen molar-refractivity contribution in [2.75, 3.05) is 5.75 Å². The number of rotatable bonds is 7. The number of hydrogen-bond acceptors (Lipinski definition) is 4. The monoisotopic (exact) mass is 359 g/mol. The largest absolute Gasteiger partial charge is 0.469 e. The van der Waals surface area contributed by atoms with Crippen LogP contribution in [0, 0.1) is 6.92 Å². The summed E-state index contributed by atoms with van der Waals surface area (Å²) in [6.45, 7) is 6.41. The van der Waals surface area contributed by atoms with Crippen LogP contribution in [0.5, 0.6) is 0 Å². The minimum absolute atomic E-state index is 0.654. The maximum Gasteiger partial charge on any atom is 0.191 e. The molecule has 0 saturated carbocycles. The van der Waals surface area contributed by atoms with E-state index in [9.17, 15) is 0 Å². The molecule has 0 atom stereocenters. The minimum atomic E-state index is 0.654. The van der Waals surface area contributed by atoms with Crippen LogP contribution in [0.2, 0.25) is 5.02 Å². The Labute approximate surface area is 150 Å². The summed E-state index contributed by atoms with van der Waals surface area (Å²) >= 11 is 7.88. The summed E-state index contributed by atoms with van der Waals surface area (Å²) in [6.07, 6.45) is 4.40. The molecule has 2 heterocycles. The van der Waals surface area contributed by atoms with Crippen molar-refractivity contribution in [2.24, 2.45) is 0 Å². The molecule has 0 bridgehead atoms. The lowest BCUT2D eigenvalue weighted by Crippen LogP contribution is -2.01. The second kappa shape index (κ2) is 7.73. The fourth-order valence-corrected chi connectivity index (χ4v) is 3.61. The van der Waals surface area contributed by atoms with Gasteiger partial charge in [0.2, 0.25) is 0 Å². The van der Waals surface area contributed by atoms with Gasteiger partial charge in [0.1, 0.15) is 5.76 Å². The molecule has 3 rings (SSSR count). The number of aryl methyl sites for hydroxylation is 2.